The minimum atomic E-state index is -0.814. The topological polar surface area (TPSA) is 66.8 Å². The number of carbonyl (C=O) groups excluding carboxylic acids is 1. The summed E-state index contributed by atoms with van der Waals surface area (Å²) in [4.78, 5) is 24.2. The summed E-state index contributed by atoms with van der Waals surface area (Å²) in [7, 11) is 0. The number of unbranched alkanes of at least 4 members (excludes halogenated alkanes) is 3. The second-order valence-electron chi connectivity index (χ2n) is 5.37. The summed E-state index contributed by atoms with van der Waals surface area (Å²) in [6.45, 7) is 7.70. The highest BCUT2D eigenvalue weighted by molar-refractivity contribution is 5.69. The first-order valence-electron chi connectivity index (χ1n) is 8.19. The van der Waals surface area contributed by atoms with Gasteiger partial charge in [0.25, 0.3) is 0 Å². The van der Waals surface area contributed by atoms with Crippen LogP contribution in [0.25, 0.3) is 0 Å². The fourth-order valence-corrected chi connectivity index (χ4v) is 2.01. The zero-order valence-electron chi connectivity index (χ0n) is 13.6. The molecule has 124 valence electrons. The van der Waals surface area contributed by atoms with Crippen molar-refractivity contribution in [3.8, 4) is 0 Å². The van der Waals surface area contributed by atoms with Gasteiger partial charge in [-0.1, -0.05) is 26.7 Å². The summed E-state index contributed by atoms with van der Waals surface area (Å²) in [5.41, 5.74) is 0. The molecular weight excluding hydrogens is 270 g/mol. The van der Waals surface area contributed by atoms with Crippen LogP contribution in [0.4, 0.5) is 0 Å². The van der Waals surface area contributed by atoms with Crippen LogP contribution in [0.1, 0.15) is 65.2 Å². The molecule has 0 amide bonds. The smallest absolute Gasteiger partial charge is 0.305 e. The Morgan fingerprint density at radius 2 is 1.48 bits per heavy atom. The van der Waals surface area contributed by atoms with Crippen LogP contribution in [0.15, 0.2) is 0 Å². The minimum Gasteiger partial charge on any atom is -0.481 e. The van der Waals surface area contributed by atoms with Crippen molar-refractivity contribution in [2.24, 2.45) is 0 Å². The van der Waals surface area contributed by atoms with Crippen molar-refractivity contribution in [3.05, 3.63) is 0 Å². The summed E-state index contributed by atoms with van der Waals surface area (Å²) in [6.07, 6.45) is 6.24. The minimum absolute atomic E-state index is 0.120. The van der Waals surface area contributed by atoms with E-state index in [1.165, 1.54) is 25.7 Å². The molecule has 0 saturated carbocycles. The van der Waals surface area contributed by atoms with E-state index in [-0.39, 0.29) is 12.4 Å². The highest BCUT2D eigenvalue weighted by Crippen LogP contribution is 2.03. The Hall–Kier alpha value is -1.10. The molecular formula is C16H31NO4. The van der Waals surface area contributed by atoms with Crippen LogP contribution in [0.3, 0.4) is 0 Å². The molecule has 0 aromatic heterocycles. The summed E-state index contributed by atoms with van der Waals surface area (Å²) < 4.78 is 5.21. The van der Waals surface area contributed by atoms with Gasteiger partial charge in [0.05, 0.1) is 0 Å². The molecule has 0 aliphatic rings. The number of ether oxygens (including phenoxy) is 1. The van der Waals surface area contributed by atoms with Gasteiger partial charge >= 0.3 is 11.9 Å². The van der Waals surface area contributed by atoms with E-state index in [9.17, 15) is 9.59 Å². The average molecular weight is 301 g/mol. The summed E-state index contributed by atoms with van der Waals surface area (Å²) >= 11 is 0. The Morgan fingerprint density at radius 3 is 2.00 bits per heavy atom. The molecule has 0 spiro atoms. The molecule has 5 heteroatoms. The summed E-state index contributed by atoms with van der Waals surface area (Å²) in [5, 5.41) is 8.50. The molecule has 0 aliphatic carbocycles. The van der Waals surface area contributed by atoms with Crippen LogP contribution in [0.5, 0.6) is 0 Å². The lowest BCUT2D eigenvalue weighted by Crippen LogP contribution is -2.30. The Labute approximate surface area is 128 Å². The molecule has 0 atom stereocenters. The second kappa shape index (κ2) is 13.9. The number of nitrogens with zero attached hydrogens (tertiary/aromatic N) is 1. The van der Waals surface area contributed by atoms with Gasteiger partial charge in [-0.25, -0.2) is 0 Å². The largest absolute Gasteiger partial charge is 0.481 e. The van der Waals surface area contributed by atoms with E-state index >= 15 is 0 Å². The van der Waals surface area contributed by atoms with Gasteiger partial charge in [-0.05, 0) is 38.8 Å². The third-order valence-corrected chi connectivity index (χ3v) is 3.35. The molecule has 5 nitrogen and oxygen atoms in total. The lowest BCUT2D eigenvalue weighted by molar-refractivity contribution is -0.144. The van der Waals surface area contributed by atoms with Crippen LogP contribution in [-0.4, -0.2) is 48.2 Å². The Balaban J connectivity index is 3.70. The first-order chi connectivity index (χ1) is 10.1. The normalized spacial score (nSPS) is 10.8. The van der Waals surface area contributed by atoms with Gasteiger partial charge in [0.15, 0.2) is 0 Å². The zero-order valence-corrected chi connectivity index (χ0v) is 13.6. The average Bonchev–Trinajstić information content (AvgIpc) is 2.45. The van der Waals surface area contributed by atoms with Crippen LogP contribution in [0, 0.1) is 0 Å². The fourth-order valence-electron chi connectivity index (χ4n) is 2.01. The number of carbonyl (C=O) groups is 2. The number of rotatable bonds is 14. The Kier molecular flexibility index (Phi) is 13.1. The van der Waals surface area contributed by atoms with E-state index in [0.717, 1.165) is 19.6 Å². The molecule has 21 heavy (non-hydrogen) atoms. The predicted molar refractivity (Wildman–Crippen MR) is 83.3 cm³/mol. The number of carboxylic acids is 1. The van der Waals surface area contributed by atoms with Crippen molar-refractivity contribution in [3.63, 3.8) is 0 Å². The van der Waals surface area contributed by atoms with Gasteiger partial charge in [0, 0.05) is 19.4 Å². The van der Waals surface area contributed by atoms with Crippen LogP contribution >= 0.6 is 0 Å². The SMILES string of the molecule is CCCCN(CCCC)CCOC(=O)CCCCC(=O)O. The third-order valence-electron chi connectivity index (χ3n) is 3.35. The van der Waals surface area contributed by atoms with Gasteiger partial charge in [0.2, 0.25) is 0 Å². The molecule has 1 N–H and O–H groups in total. The second-order valence-corrected chi connectivity index (χ2v) is 5.37. The van der Waals surface area contributed by atoms with Crippen molar-refractivity contribution in [2.45, 2.75) is 65.2 Å². The summed E-state index contributed by atoms with van der Waals surface area (Å²) in [6, 6.07) is 0. The van der Waals surface area contributed by atoms with Gasteiger partial charge in [-0.2, -0.15) is 0 Å². The molecule has 0 rings (SSSR count). The standard InChI is InChI=1S/C16H31NO4/c1-3-5-11-17(12-6-4-2)13-14-21-16(20)10-8-7-9-15(18)19/h3-14H2,1-2H3,(H,18,19). The van der Waals surface area contributed by atoms with Crippen LogP contribution in [0.2, 0.25) is 0 Å². The maximum atomic E-state index is 11.5. The van der Waals surface area contributed by atoms with Crippen LogP contribution < -0.4 is 0 Å². The lowest BCUT2D eigenvalue weighted by Gasteiger charge is -2.21. The van der Waals surface area contributed by atoms with E-state index in [1.807, 2.05) is 0 Å². The van der Waals surface area contributed by atoms with E-state index in [2.05, 4.69) is 18.7 Å². The Bertz CT molecular complexity index is 273. The highest BCUT2D eigenvalue weighted by Gasteiger charge is 2.07. The molecule has 0 unspecified atom stereocenters. The van der Waals surface area contributed by atoms with E-state index in [0.29, 0.717) is 25.9 Å². The van der Waals surface area contributed by atoms with E-state index < -0.39 is 5.97 Å². The monoisotopic (exact) mass is 301 g/mol. The maximum absolute atomic E-state index is 11.5. The van der Waals surface area contributed by atoms with Crippen LogP contribution in [-0.2, 0) is 14.3 Å². The molecule has 0 fully saturated rings. The lowest BCUT2D eigenvalue weighted by atomic mass is 10.2. The van der Waals surface area contributed by atoms with Gasteiger partial charge in [0.1, 0.15) is 6.61 Å². The molecule has 0 bridgehead atoms. The molecule has 0 aromatic rings. The van der Waals surface area contributed by atoms with E-state index in [4.69, 9.17) is 9.84 Å². The summed E-state index contributed by atoms with van der Waals surface area (Å²) in [5.74, 6) is -1.03. The van der Waals surface area contributed by atoms with Crippen molar-refractivity contribution in [2.75, 3.05) is 26.2 Å². The zero-order chi connectivity index (χ0) is 15.9. The predicted octanol–water partition coefficient (Wildman–Crippen LogP) is 3.08. The van der Waals surface area contributed by atoms with Crippen molar-refractivity contribution in [1.82, 2.24) is 4.90 Å². The third kappa shape index (κ3) is 13.6. The molecule has 0 aromatic carbocycles. The van der Waals surface area contributed by atoms with Gasteiger partial charge < -0.3 is 9.84 Å². The first kappa shape index (κ1) is 19.9. The highest BCUT2D eigenvalue weighted by atomic mass is 16.5. The Morgan fingerprint density at radius 1 is 0.905 bits per heavy atom. The number of hydrogen-bond donors (Lipinski definition) is 1. The number of esters is 1. The first-order valence-corrected chi connectivity index (χ1v) is 8.19. The number of aliphatic carboxylic acids is 1. The van der Waals surface area contributed by atoms with Gasteiger partial charge in [-0.15, -0.1) is 0 Å². The molecule has 0 saturated heterocycles. The number of carboxylic acid groups (broad SMARTS) is 1. The van der Waals surface area contributed by atoms with Crippen molar-refractivity contribution in [1.29, 1.82) is 0 Å². The maximum Gasteiger partial charge on any atom is 0.305 e. The molecule has 0 heterocycles. The fraction of sp³-hybridized carbons (Fsp3) is 0.875. The van der Waals surface area contributed by atoms with E-state index in [1.54, 1.807) is 0 Å². The molecule has 0 aliphatic heterocycles. The van der Waals surface area contributed by atoms with Gasteiger partial charge in [-0.3, -0.25) is 14.5 Å². The van der Waals surface area contributed by atoms with Crippen molar-refractivity contribution >= 4 is 11.9 Å². The quantitative estimate of drug-likeness (QED) is 0.394. The molecule has 0 radical (unpaired) electrons. The number of hydrogen-bond acceptors (Lipinski definition) is 4. The van der Waals surface area contributed by atoms with Crippen molar-refractivity contribution < 1.29 is 19.4 Å².